The highest BCUT2D eigenvalue weighted by Gasteiger charge is 1.78. The van der Waals surface area contributed by atoms with Gasteiger partial charge in [0, 0.05) is 6.21 Å². The molecule has 0 unspecified atom stereocenters. The first-order chi connectivity index (χ1) is 4.27. The molecule has 2 nitrogen and oxygen atoms in total. The van der Waals surface area contributed by atoms with Crippen LogP contribution in [0.5, 0.6) is 0 Å². The summed E-state index contributed by atoms with van der Waals surface area (Å²) in [5.41, 5.74) is 0. The Balaban J connectivity index is 3.35. The van der Waals surface area contributed by atoms with Crippen LogP contribution in [0, 0.1) is 5.92 Å². The summed E-state index contributed by atoms with van der Waals surface area (Å²) in [7, 11) is 0. The summed E-state index contributed by atoms with van der Waals surface area (Å²) in [5.74, 6) is 0.583. The van der Waals surface area contributed by atoms with Crippen molar-refractivity contribution in [3.05, 3.63) is 12.2 Å². The molecule has 0 radical (unpaired) electrons. The Labute approximate surface area is 60.5 Å². The van der Waals surface area contributed by atoms with Crippen LogP contribution in [0.25, 0.3) is 0 Å². The van der Waals surface area contributed by atoms with Crippen molar-refractivity contribution < 1.29 is 0 Å². The van der Waals surface area contributed by atoms with E-state index in [2.05, 4.69) is 24.3 Å². The first kappa shape index (κ1) is 8.72. The predicted molar refractivity (Wildman–Crippen MR) is 44.2 cm³/mol. The van der Waals surface area contributed by atoms with Crippen LogP contribution in [-0.4, -0.2) is 6.21 Å². The quantitative estimate of drug-likeness (QED) is 0.484. The smallest absolute Gasteiger partial charge is 0.0555 e. The van der Waals surface area contributed by atoms with E-state index >= 15 is 0 Å². The maximum absolute atomic E-state index is 5.03. The average Bonchev–Trinajstić information content (AvgIpc) is 1.80. The lowest BCUT2D eigenvalue weighted by Crippen LogP contribution is -1.77. The molecule has 0 aromatic heterocycles. The third kappa shape index (κ3) is 7.72. The van der Waals surface area contributed by atoms with E-state index < -0.39 is 0 Å². The minimum absolute atomic E-state index is 0.583. The molecule has 3 heteroatoms. The molecule has 0 fully saturated rings. The summed E-state index contributed by atoms with van der Waals surface area (Å²) in [6.45, 7) is 4.22. The minimum Gasteiger partial charge on any atom is -0.258 e. The van der Waals surface area contributed by atoms with Crippen molar-refractivity contribution >= 4 is 18.3 Å². The summed E-state index contributed by atoms with van der Waals surface area (Å²) >= 11 is 0.971. The van der Waals surface area contributed by atoms with E-state index in [0.717, 1.165) is 12.1 Å². The summed E-state index contributed by atoms with van der Waals surface area (Å²) < 4.78 is 3.73. The lowest BCUT2D eigenvalue weighted by Gasteiger charge is -1.88. The van der Waals surface area contributed by atoms with Gasteiger partial charge in [-0.25, -0.2) is 4.40 Å². The highest BCUT2D eigenvalue weighted by atomic mass is 32.2. The Morgan fingerprint density at radius 2 is 2.22 bits per heavy atom. The molecule has 9 heavy (non-hydrogen) atoms. The van der Waals surface area contributed by atoms with Crippen molar-refractivity contribution in [2.24, 2.45) is 15.5 Å². The molecular formula is C6H12N2S. The van der Waals surface area contributed by atoms with Gasteiger partial charge in [0.05, 0.1) is 12.1 Å². The lowest BCUT2D eigenvalue weighted by atomic mass is 10.2. The van der Waals surface area contributed by atoms with E-state index in [1.165, 1.54) is 0 Å². The van der Waals surface area contributed by atoms with E-state index in [4.69, 9.17) is 5.14 Å². The van der Waals surface area contributed by atoms with Crippen molar-refractivity contribution in [1.82, 2.24) is 0 Å². The van der Waals surface area contributed by atoms with Crippen LogP contribution in [0.4, 0.5) is 0 Å². The second kappa shape index (κ2) is 5.85. The van der Waals surface area contributed by atoms with Gasteiger partial charge in [0.1, 0.15) is 0 Å². The first-order valence-corrected chi connectivity index (χ1v) is 3.67. The molecule has 0 aromatic carbocycles. The van der Waals surface area contributed by atoms with E-state index in [1.807, 2.05) is 6.08 Å². The number of nitrogens with zero attached hydrogens (tertiary/aromatic N) is 1. The number of rotatable bonds is 3. The Hall–Kier alpha value is -0.280. The van der Waals surface area contributed by atoms with Gasteiger partial charge in [0.15, 0.2) is 0 Å². The predicted octanol–water partition coefficient (Wildman–Crippen LogP) is 1.79. The Bertz CT molecular complexity index is 108. The SMILES string of the molecule is CC(C)/C=C/C=N\SN. The van der Waals surface area contributed by atoms with E-state index in [9.17, 15) is 0 Å². The van der Waals surface area contributed by atoms with Crippen LogP contribution >= 0.6 is 12.1 Å². The standard InChI is InChI=1S/C6H12N2S/c1-6(2)4-3-5-8-9-7/h3-6H,7H2,1-2H3/b4-3+,8-5-. The van der Waals surface area contributed by atoms with Crippen molar-refractivity contribution in [2.75, 3.05) is 0 Å². The van der Waals surface area contributed by atoms with Gasteiger partial charge in [-0.15, -0.1) is 0 Å². The number of hydrogen-bond donors (Lipinski definition) is 1. The third-order valence-corrected chi connectivity index (χ3v) is 0.947. The van der Waals surface area contributed by atoms with Gasteiger partial charge in [-0.1, -0.05) is 19.9 Å². The number of nitrogens with two attached hydrogens (primary N) is 1. The summed E-state index contributed by atoms with van der Waals surface area (Å²) in [5, 5.41) is 5.03. The molecule has 0 saturated heterocycles. The summed E-state index contributed by atoms with van der Waals surface area (Å²) in [6.07, 6.45) is 5.63. The van der Waals surface area contributed by atoms with Crippen LogP contribution < -0.4 is 5.14 Å². The van der Waals surface area contributed by atoms with E-state index in [1.54, 1.807) is 6.21 Å². The Morgan fingerprint density at radius 3 is 2.67 bits per heavy atom. The zero-order valence-electron chi connectivity index (χ0n) is 5.74. The number of allylic oxidation sites excluding steroid dienone is 2. The number of hydrogen-bond acceptors (Lipinski definition) is 3. The van der Waals surface area contributed by atoms with Gasteiger partial charge in [-0.2, -0.15) is 0 Å². The second-order valence-corrected chi connectivity index (χ2v) is 2.41. The summed E-state index contributed by atoms with van der Waals surface area (Å²) in [6, 6.07) is 0. The van der Waals surface area contributed by atoms with Gasteiger partial charge in [0.25, 0.3) is 0 Å². The molecule has 0 aliphatic heterocycles. The molecule has 0 amide bonds. The molecule has 0 aliphatic carbocycles. The van der Waals surface area contributed by atoms with Crippen molar-refractivity contribution in [1.29, 1.82) is 0 Å². The highest BCUT2D eigenvalue weighted by Crippen LogP contribution is 1.92. The van der Waals surface area contributed by atoms with Crippen LogP contribution in [0.3, 0.4) is 0 Å². The lowest BCUT2D eigenvalue weighted by molar-refractivity contribution is 0.833. The maximum atomic E-state index is 5.03. The molecule has 0 atom stereocenters. The molecule has 0 aromatic rings. The van der Waals surface area contributed by atoms with Crippen LogP contribution in [-0.2, 0) is 0 Å². The van der Waals surface area contributed by atoms with Crippen LogP contribution in [0.1, 0.15) is 13.8 Å². The van der Waals surface area contributed by atoms with Gasteiger partial charge < -0.3 is 0 Å². The Kier molecular flexibility index (Phi) is 5.67. The fourth-order valence-electron chi connectivity index (χ4n) is 0.342. The molecule has 0 bridgehead atoms. The fourth-order valence-corrected chi connectivity index (χ4v) is 0.483. The van der Waals surface area contributed by atoms with Crippen LogP contribution in [0.15, 0.2) is 16.5 Å². The minimum atomic E-state index is 0.583. The van der Waals surface area contributed by atoms with E-state index in [-0.39, 0.29) is 0 Å². The van der Waals surface area contributed by atoms with Gasteiger partial charge in [-0.05, 0) is 12.0 Å². The van der Waals surface area contributed by atoms with Crippen molar-refractivity contribution in [2.45, 2.75) is 13.8 Å². The van der Waals surface area contributed by atoms with Gasteiger partial charge in [-0.3, -0.25) is 5.14 Å². The highest BCUT2D eigenvalue weighted by molar-refractivity contribution is 7.95. The fraction of sp³-hybridized carbons (Fsp3) is 0.500. The third-order valence-electron chi connectivity index (χ3n) is 0.704. The van der Waals surface area contributed by atoms with Crippen molar-refractivity contribution in [3.8, 4) is 0 Å². The molecule has 0 heterocycles. The molecule has 0 spiro atoms. The zero-order valence-corrected chi connectivity index (χ0v) is 6.56. The molecule has 2 N–H and O–H groups in total. The maximum Gasteiger partial charge on any atom is 0.0555 e. The monoisotopic (exact) mass is 144 g/mol. The van der Waals surface area contributed by atoms with Gasteiger partial charge >= 0.3 is 0 Å². The van der Waals surface area contributed by atoms with Crippen LogP contribution in [0.2, 0.25) is 0 Å². The molecular weight excluding hydrogens is 132 g/mol. The summed E-state index contributed by atoms with van der Waals surface area (Å²) in [4.78, 5) is 0. The molecule has 0 saturated carbocycles. The molecule has 0 aliphatic rings. The second-order valence-electron chi connectivity index (χ2n) is 1.99. The Morgan fingerprint density at radius 1 is 1.56 bits per heavy atom. The normalized spacial score (nSPS) is 12.4. The topological polar surface area (TPSA) is 38.4 Å². The largest absolute Gasteiger partial charge is 0.258 e. The van der Waals surface area contributed by atoms with E-state index in [0.29, 0.717) is 5.92 Å². The van der Waals surface area contributed by atoms with Gasteiger partial charge in [0.2, 0.25) is 0 Å². The molecule has 0 rings (SSSR count). The zero-order chi connectivity index (χ0) is 7.11. The first-order valence-electron chi connectivity index (χ1n) is 2.83. The molecule has 52 valence electrons. The van der Waals surface area contributed by atoms with Crippen molar-refractivity contribution in [3.63, 3.8) is 0 Å². The average molecular weight is 144 g/mol.